The van der Waals surface area contributed by atoms with Gasteiger partial charge in [-0.15, -0.1) is 0 Å². The molecule has 148 valence electrons. The number of nitro benzene ring substituents is 1. The van der Waals surface area contributed by atoms with Crippen molar-refractivity contribution in [1.82, 2.24) is 0 Å². The summed E-state index contributed by atoms with van der Waals surface area (Å²) in [5.74, 6) is -0.396. The van der Waals surface area contributed by atoms with Gasteiger partial charge < -0.3 is 0 Å². The molecule has 6 nitrogen and oxygen atoms in total. The second-order valence-corrected chi connectivity index (χ2v) is 7.84. The number of Topliss-reactive ketones (excluding diaryl/α,β-unsaturated/α-hetero) is 1. The highest BCUT2D eigenvalue weighted by molar-refractivity contribution is 6.34. The number of aryl methyl sites for hydroxylation is 1. The summed E-state index contributed by atoms with van der Waals surface area (Å²) in [5.41, 5.74) is 3.59. The topological polar surface area (TPSA) is 80.5 Å². The number of nitro groups is 1. The second-order valence-electron chi connectivity index (χ2n) is 7.43. The highest BCUT2D eigenvalue weighted by atomic mass is 35.5. The van der Waals surface area contributed by atoms with Crippen molar-refractivity contribution in [3.63, 3.8) is 0 Å². The number of halogens is 1. The molecular weight excluding hydrogens is 392 g/mol. The molecule has 2 aliphatic rings. The zero-order chi connectivity index (χ0) is 20.7. The molecule has 0 radical (unpaired) electrons. The average Bonchev–Trinajstić information content (AvgIpc) is 2.68. The predicted molar refractivity (Wildman–Crippen MR) is 110 cm³/mol. The number of nitrogens with zero attached hydrogens (tertiary/aromatic N) is 2. The molecule has 0 saturated heterocycles. The summed E-state index contributed by atoms with van der Waals surface area (Å²) < 4.78 is 0. The number of amides is 1. The number of hydrogen-bond acceptors (Lipinski definition) is 4. The van der Waals surface area contributed by atoms with Crippen LogP contribution < -0.4 is 4.90 Å². The van der Waals surface area contributed by atoms with Gasteiger partial charge in [0.05, 0.1) is 15.6 Å². The maximum atomic E-state index is 13.2. The van der Waals surface area contributed by atoms with Gasteiger partial charge in [-0.05, 0) is 31.4 Å². The zero-order valence-electron chi connectivity index (χ0n) is 15.9. The van der Waals surface area contributed by atoms with Gasteiger partial charge in [0.1, 0.15) is 0 Å². The Labute approximate surface area is 172 Å². The van der Waals surface area contributed by atoms with Crippen molar-refractivity contribution in [3.8, 4) is 0 Å². The summed E-state index contributed by atoms with van der Waals surface area (Å²) in [4.78, 5) is 38.1. The highest BCUT2D eigenvalue weighted by Crippen LogP contribution is 2.45. The Morgan fingerprint density at radius 3 is 2.62 bits per heavy atom. The Hall–Kier alpha value is -2.99. The van der Waals surface area contributed by atoms with Gasteiger partial charge in [-0.3, -0.25) is 24.6 Å². The van der Waals surface area contributed by atoms with Crippen LogP contribution >= 0.6 is 11.6 Å². The smallest absolute Gasteiger partial charge is 0.271 e. The number of ketones is 1. The molecule has 0 aromatic heterocycles. The lowest BCUT2D eigenvalue weighted by Crippen LogP contribution is -2.40. The van der Waals surface area contributed by atoms with Crippen molar-refractivity contribution in [2.24, 2.45) is 0 Å². The lowest BCUT2D eigenvalue weighted by molar-refractivity contribution is -0.384. The number of allylic oxidation sites excluding steroid dienone is 2. The minimum atomic E-state index is -0.531. The fourth-order valence-corrected chi connectivity index (χ4v) is 4.49. The SMILES string of the molecule is Cc1cccc(C2CC(=O)N(c3ccc([N+](=O)[O-])cc3Cl)C3=C2C(=O)CCC3)c1. The number of hydrogen-bond donors (Lipinski definition) is 0. The van der Waals surface area contributed by atoms with E-state index < -0.39 is 4.92 Å². The molecule has 7 heteroatoms. The molecule has 29 heavy (non-hydrogen) atoms. The molecule has 0 saturated carbocycles. The van der Waals surface area contributed by atoms with Gasteiger partial charge >= 0.3 is 0 Å². The zero-order valence-corrected chi connectivity index (χ0v) is 16.6. The molecule has 1 aliphatic carbocycles. The molecule has 0 fully saturated rings. The third-order valence-electron chi connectivity index (χ3n) is 5.50. The molecule has 1 unspecified atom stereocenters. The largest absolute Gasteiger partial charge is 0.294 e. The predicted octanol–water partition coefficient (Wildman–Crippen LogP) is 5.08. The van der Waals surface area contributed by atoms with Crippen molar-refractivity contribution in [2.45, 2.75) is 38.5 Å². The number of non-ortho nitro benzene ring substituents is 1. The summed E-state index contributed by atoms with van der Waals surface area (Å²) in [6.45, 7) is 1.98. The maximum Gasteiger partial charge on any atom is 0.271 e. The van der Waals surface area contributed by atoms with Crippen LogP contribution in [0.2, 0.25) is 5.02 Å². The standard InChI is InChI=1S/C22H19ClN2O4/c1-13-4-2-5-14(10-13)16-12-21(27)24(19-6-3-7-20(26)22(16)19)18-9-8-15(25(28)29)11-17(18)23/h2,4-5,8-11,16H,3,6-7,12H2,1H3. The van der Waals surface area contributed by atoms with Crippen LogP contribution in [0.4, 0.5) is 11.4 Å². The molecule has 0 N–H and O–H groups in total. The van der Waals surface area contributed by atoms with E-state index in [2.05, 4.69) is 0 Å². The van der Waals surface area contributed by atoms with Crippen LogP contribution in [0, 0.1) is 17.0 Å². The van der Waals surface area contributed by atoms with Crippen molar-refractivity contribution in [2.75, 3.05) is 4.90 Å². The quantitative estimate of drug-likeness (QED) is 0.521. The van der Waals surface area contributed by atoms with E-state index in [1.54, 1.807) is 0 Å². The van der Waals surface area contributed by atoms with Crippen LogP contribution in [0.3, 0.4) is 0 Å². The first kappa shape index (κ1) is 19.3. The number of carbonyl (C=O) groups excluding carboxylic acids is 2. The van der Waals surface area contributed by atoms with Gasteiger partial charge in [0, 0.05) is 42.2 Å². The van der Waals surface area contributed by atoms with Crippen molar-refractivity contribution < 1.29 is 14.5 Å². The normalized spacial score (nSPS) is 19.4. The van der Waals surface area contributed by atoms with Gasteiger partial charge in [-0.25, -0.2) is 0 Å². The molecule has 2 aromatic carbocycles. The summed E-state index contributed by atoms with van der Waals surface area (Å²) >= 11 is 6.31. The van der Waals surface area contributed by atoms with Crippen molar-refractivity contribution in [1.29, 1.82) is 0 Å². The Balaban J connectivity index is 1.86. The van der Waals surface area contributed by atoms with E-state index in [0.717, 1.165) is 11.1 Å². The van der Waals surface area contributed by atoms with Gasteiger partial charge in [-0.2, -0.15) is 0 Å². The van der Waals surface area contributed by atoms with E-state index in [4.69, 9.17) is 11.6 Å². The Kier molecular flexibility index (Phi) is 4.96. The molecule has 0 spiro atoms. The lowest BCUT2D eigenvalue weighted by atomic mass is 9.77. The molecule has 1 aliphatic heterocycles. The van der Waals surface area contributed by atoms with Crippen molar-refractivity contribution >= 4 is 34.7 Å². The maximum absolute atomic E-state index is 13.2. The monoisotopic (exact) mass is 410 g/mol. The van der Waals surface area contributed by atoms with Crippen LogP contribution in [0.5, 0.6) is 0 Å². The summed E-state index contributed by atoms with van der Waals surface area (Å²) in [6.07, 6.45) is 1.85. The molecular formula is C22H19ClN2O4. The molecule has 4 rings (SSSR count). The molecule has 1 atom stereocenters. The van der Waals surface area contributed by atoms with Crippen LogP contribution in [0.25, 0.3) is 0 Å². The fourth-order valence-electron chi connectivity index (χ4n) is 4.23. The van der Waals surface area contributed by atoms with Gasteiger partial charge in [0.15, 0.2) is 5.78 Å². The van der Waals surface area contributed by atoms with Crippen LogP contribution in [0.15, 0.2) is 53.7 Å². The second kappa shape index (κ2) is 7.44. The first-order chi connectivity index (χ1) is 13.9. The lowest BCUT2D eigenvalue weighted by Gasteiger charge is -2.38. The average molecular weight is 411 g/mol. The van der Waals surface area contributed by atoms with E-state index >= 15 is 0 Å². The first-order valence-corrected chi connectivity index (χ1v) is 9.84. The molecule has 1 heterocycles. The first-order valence-electron chi connectivity index (χ1n) is 9.46. The van der Waals surface area contributed by atoms with Gasteiger partial charge in [0.25, 0.3) is 5.69 Å². The number of anilines is 1. The number of rotatable bonds is 3. The fraction of sp³-hybridized carbons (Fsp3) is 0.273. The molecule has 2 aromatic rings. The Bertz CT molecular complexity index is 1080. The Morgan fingerprint density at radius 1 is 1.14 bits per heavy atom. The molecule has 0 bridgehead atoms. The van der Waals surface area contributed by atoms with Crippen LogP contribution in [-0.4, -0.2) is 16.6 Å². The van der Waals surface area contributed by atoms with Crippen molar-refractivity contribution in [3.05, 3.63) is 80.0 Å². The summed E-state index contributed by atoms with van der Waals surface area (Å²) in [5, 5.41) is 11.1. The van der Waals surface area contributed by atoms with E-state index in [-0.39, 0.29) is 34.7 Å². The van der Waals surface area contributed by atoms with Crippen LogP contribution in [-0.2, 0) is 9.59 Å². The summed E-state index contributed by atoms with van der Waals surface area (Å²) in [6, 6.07) is 11.9. The number of carbonyl (C=O) groups is 2. The van der Waals surface area contributed by atoms with E-state index in [0.29, 0.717) is 36.2 Å². The Morgan fingerprint density at radius 2 is 1.93 bits per heavy atom. The third kappa shape index (κ3) is 3.44. The molecule has 1 amide bonds. The van der Waals surface area contributed by atoms with E-state index in [9.17, 15) is 19.7 Å². The van der Waals surface area contributed by atoms with E-state index in [1.165, 1.54) is 23.1 Å². The number of benzene rings is 2. The van der Waals surface area contributed by atoms with Crippen LogP contribution in [0.1, 0.15) is 42.7 Å². The van der Waals surface area contributed by atoms with Gasteiger partial charge in [0.2, 0.25) is 5.91 Å². The highest BCUT2D eigenvalue weighted by Gasteiger charge is 2.40. The summed E-state index contributed by atoms with van der Waals surface area (Å²) in [7, 11) is 0. The minimum absolute atomic E-state index is 0.0493. The van der Waals surface area contributed by atoms with E-state index in [1.807, 2.05) is 31.2 Å². The minimum Gasteiger partial charge on any atom is -0.294 e. The van der Waals surface area contributed by atoms with Gasteiger partial charge in [-0.1, -0.05) is 41.4 Å². The third-order valence-corrected chi connectivity index (χ3v) is 5.81.